The van der Waals surface area contributed by atoms with Gasteiger partial charge in [0.1, 0.15) is 29.6 Å². The highest BCUT2D eigenvalue weighted by Gasteiger charge is 2.60. The van der Waals surface area contributed by atoms with Gasteiger partial charge in [-0.1, -0.05) is 6.07 Å². The molecule has 0 amide bonds. The highest BCUT2D eigenvalue weighted by Crippen LogP contribution is 2.58. The third-order valence-electron chi connectivity index (χ3n) is 6.22. The molecule has 0 bridgehead atoms. The lowest BCUT2D eigenvalue weighted by molar-refractivity contribution is -0.0210. The van der Waals surface area contributed by atoms with Gasteiger partial charge in [-0.15, -0.1) is 0 Å². The van der Waals surface area contributed by atoms with Gasteiger partial charge in [-0.2, -0.15) is 5.26 Å². The van der Waals surface area contributed by atoms with E-state index in [-0.39, 0.29) is 17.5 Å². The van der Waals surface area contributed by atoms with Gasteiger partial charge in [-0.05, 0) is 49.9 Å². The minimum absolute atomic E-state index is 0.220. The van der Waals surface area contributed by atoms with Crippen molar-refractivity contribution in [1.82, 2.24) is 4.98 Å². The number of aliphatic imine (C=N–C) groups is 1. The summed E-state index contributed by atoms with van der Waals surface area (Å²) in [6.45, 7) is 2.61. The third kappa shape index (κ3) is 2.24. The van der Waals surface area contributed by atoms with E-state index in [1.54, 1.807) is 12.4 Å². The Balaban J connectivity index is 1.69. The number of nitriles is 1. The Morgan fingerprint density at radius 1 is 1.26 bits per heavy atom. The first kappa shape index (κ1) is 16.1. The first-order chi connectivity index (χ1) is 13.0. The topological polar surface area (TPSA) is 93.5 Å². The highest BCUT2D eigenvalue weighted by atomic mass is 16.5. The standard InChI is InChI=1S/C21H20N4O2/c1-20-6-2-3-18(20)21(12-26-19(23)25-21)16-8-14(4-5-17(16)27-20)15-7-13(9-22)10-24-11-15/h4-5,7-8,10-11,18H,2-3,6,12H2,1H3,(H2,23,25)/t18-,20+,21-/m1/s1. The molecule has 3 aliphatic rings. The van der Waals surface area contributed by atoms with E-state index in [1.807, 2.05) is 18.2 Å². The number of nitrogens with two attached hydrogens (primary N) is 1. The zero-order chi connectivity index (χ0) is 18.6. The van der Waals surface area contributed by atoms with Crippen LogP contribution >= 0.6 is 0 Å². The van der Waals surface area contributed by atoms with E-state index >= 15 is 0 Å². The Morgan fingerprint density at radius 2 is 2.15 bits per heavy atom. The first-order valence-electron chi connectivity index (χ1n) is 9.21. The van der Waals surface area contributed by atoms with Gasteiger partial charge in [0.25, 0.3) is 6.02 Å². The number of hydrogen-bond acceptors (Lipinski definition) is 6. The molecule has 1 aromatic heterocycles. The molecule has 2 N–H and O–H groups in total. The maximum atomic E-state index is 9.17. The van der Waals surface area contributed by atoms with E-state index in [1.165, 1.54) is 0 Å². The van der Waals surface area contributed by atoms with Crippen LogP contribution in [0.5, 0.6) is 5.75 Å². The van der Waals surface area contributed by atoms with Crippen LogP contribution in [0.15, 0.2) is 41.7 Å². The van der Waals surface area contributed by atoms with Crippen LogP contribution in [-0.2, 0) is 10.3 Å². The summed E-state index contributed by atoms with van der Waals surface area (Å²) in [5, 5.41) is 9.17. The summed E-state index contributed by atoms with van der Waals surface area (Å²) in [5.74, 6) is 1.06. The lowest BCUT2D eigenvalue weighted by atomic mass is 9.69. The number of aromatic nitrogens is 1. The van der Waals surface area contributed by atoms with E-state index in [2.05, 4.69) is 24.0 Å². The van der Waals surface area contributed by atoms with Crippen LogP contribution in [0, 0.1) is 17.2 Å². The highest BCUT2D eigenvalue weighted by molar-refractivity contribution is 5.75. The monoisotopic (exact) mass is 360 g/mol. The second-order valence-corrected chi connectivity index (χ2v) is 7.81. The quantitative estimate of drug-likeness (QED) is 0.843. The molecule has 6 nitrogen and oxygen atoms in total. The molecule has 0 unspecified atom stereocenters. The lowest BCUT2D eigenvalue weighted by Gasteiger charge is -2.47. The average molecular weight is 360 g/mol. The summed E-state index contributed by atoms with van der Waals surface area (Å²) >= 11 is 0. The second kappa shape index (κ2) is 5.46. The van der Waals surface area contributed by atoms with E-state index in [0.29, 0.717) is 12.2 Å². The molecule has 0 radical (unpaired) electrons. The Kier molecular flexibility index (Phi) is 3.26. The molecule has 6 heteroatoms. The molecule has 1 fully saturated rings. The molecule has 1 aliphatic carbocycles. The van der Waals surface area contributed by atoms with Crippen LogP contribution in [0.4, 0.5) is 0 Å². The number of hydrogen-bond donors (Lipinski definition) is 1. The van der Waals surface area contributed by atoms with Crippen LogP contribution in [0.25, 0.3) is 11.1 Å². The van der Waals surface area contributed by atoms with E-state index < -0.39 is 5.54 Å². The van der Waals surface area contributed by atoms with Crippen molar-refractivity contribution in [2.45, 2.75) is 37.3 Å². The number of rotatable bonds is 1. The number of fused-ring (bicyclic) bond motifs is 4. The van der Waals surface area contributed by atoms with E-state index in [4.69, 9.17) is 20.2 Å². The van der Waals surface area contributed by atoms with Crippen LogP contribution in [-0.4, -0.2) is 23.2 Å². The van der Waals surface area contributed by atoms with Gasteiger partial charge in [0.15, 0.2) is 0 Å². The SMILES string of the molecule is C[C@]12CCC[C@H]1[C@@]1(COC(N)=N1)c1cc(-c3cncc(C#N)c3)ccc1O2. The average Bonchev–Trinajstić information content (AvgIpc) is 3.26. The molecule has 1 saturated carbocycles. The summed E-state index contributed by atoms with van der Waals surface area (Å²) in [7, 11) is 0. The van der Waals surface area contributed by atoms with Gasteiger partial charge < -0.3 is 15.2 Å². The molecule has 2 aromatic rings. The van der Waals surface area contributed by atoms with Crippen molar-refractivity contribution in [3.05, 3.63) is 47.8 Å². The maximum Gasteiger partial charge on any atom is 0.283 e. The Morgan fingerprint density at radius 3 is 2.93 bits per heavy atom. The zero-order valence-electron chi connectivity index (χ0n) is 15.1. The Hall–Kier alpha value is -3.07. The molecule has 1 aromatic carbocycles. The Labute approximate surface area is 157 Å². The third-order valence-corrected chi connectivity index (χ3v) is 6.22. The fourth-order valence-electron chi connectivity index (χ4n) is 5.00. The molecule has 3 heterocycles. The van der Waals surface area contributed by atoms with E-state index in [9.17, 15) is 5.26 Å². The van der Waals surface area contributed by atoms with Crippen LogP contribution in [0.3, 0.4) is 0 Å². The van der Waals surface area contributed by atoms with Crippen LogP contribution < -0.4 is 10.5 Å². The molecule has 5 rings (SSSR count). The minimum atomic E-state index is -0.515. The second-order valence-electron chi connectivity index (χ2n) is 7.81. The molecule has 2 aliphatic heterocycles. The normalized spacial score (nSPS) is 30.7. The van der Waals surface area contributed by atoms with Gasteiger partial charge in [0, 0.05) is 29.4 Å². The van der Waals surface area contributed by atoms with Crippen molar-refractivity contribution >= 4 is 6.02 Å². The van der Waals surface area contributed by atoms with Crippen molar-refractivity contribution < 1.29 is 9.47 Å². The van der Waals surface area contributed by atoms with Gasteiger partial charge in [-0.3, -0.25) is 4.98 Å². The number of nitrogens with zero attached hydrogens (tertiary/aromatic N) is 3. The molecule has 27 heavy (non-hydrogen) atoms. The molecular weight excluding hydrogens is 340 g/mol. The molecule has 0 saturated heterocycles. The van der Waals surface area contributed by atoms with Gasteiger partial charge in [0.05, 0.1) is 5.56 Å². The van der Waals surface area contributed by atoms with E-state index in [0.717, 1.165) is 41.7 Å². The lowest BCUT2D eigenvalue weighted by Crippen LogP contribution is -2.52. The largest absolute Gasteiger partial charge is 0.487 e. The smallest absolute Gasteiger partial charge is 0.283 e. The summed E-state index contributed by atoms with van der Waals surface area (Å²) in [4.78, 5) is 8.98. The van der Waals surface area contributed by atoms with Gasteiger partial charge in [-0.25, -0.2) is 4.99 Å². The minimum Gasteiger partial charge on any atom is -0.487 e. The predicted molar refractivity (Wildman–Crippen MR) is 100 cm³/mol. The molecule has 1 spiro atoms. The predicted octanol–water partition coefficient (Wildman–Crippen LogP) is 3.11. The first-order valence-corrected chi connectivity index (χ1v) is 9.21. The van der Waals surface area contributed by atoms with Crippen molar-refractivity contribution in [3.63, 3.8) is 0 Å². The summed E-state index contributed by atoms with van der Waals surface area (Å²) in [6, 6.07) is 10.3. The fourth-order valence-corrected chi connectivity index (χ4v) is 5.00. The summed E-state index contributed by atoms with van der Waals surface area (Å²) < 4.78 is 12.1. The number of pyridine rings is 1. The summed E-state index contributed by atoms with van der Waals surface area (Å²) in [5.41, 5.74) is 8.59. The van der Waals surface area contributed by atoms with Crippen molar-refractivity contribution in [2.24, 2.45) is 16.6 Å². The summed E-state index contributed by atoms with van der Waals surface area (Å²) in [6.07, 6.45) is 6.47. The molecular formula is C21H20N4O2. The maximum absolute atomic E-state index is 9.17. The van der Waals surface area contributed by atoms with Crippen molar-refractivity contribution in [2.75, 3.05) is 6.61 Å². The molecule has 3 atom stereocenters. The van der Waals surface area contributed by atoms with Crippen molar-refractivity contribution in [3.8, 4) is 22.9 Å². The fraction of sp³-hybridized carbons (Fsp3) is 0.381. The number of amidine groups is 1. The molecule has 136 valence electrons. The zero-order valence-corrected chi connectivity index (χ0v) is 15.1. The number of ether oxygens (including phenoxy) is 2. The van der Waals surface area contributed by atoms with Crippen molar-refractivity contribution in [1.29, 1.82) is 5.26 Å². The number of benzene rings is 1. The van der Waals surface area contributed by atoms with Crippen LogP contribution in [0.1, 0.15) is 37.3 Å². The van der Waals surface area contributed by atoms with Gasteiger partial charge >= 0.3 is 0 Å². The Bertz CT molecular complexity index is 1010. The van der Waals surface area contributed by atoms with Gasteiger partial charge in [0.2, 0.25) is 0 Å². The van der Waals surface area contributed by atoms with Crippen LogP contribution in [0.2, 0.25) is 0 Å².